The van der Waals surface area contributed by atoms with E-state index >= 15 is 0 Å². The van der Waals surface area contributed by atoms with Gasteiger partial charge in [-0.25, -0.2) is 0 Å². The third-order valence-corrected chi connectivity index (χ3v) is 4.05. The van der Waals surface area contributed by atoms with E-state index in [0.29, 0.717) is 6.04 Å². The number of aryl methyl sites for hydroxylation is 2. The number of fused-ring (bicyclic) bond motifs is 1. The van der Waals surface area contributed by atoms with Crippen LogP contribution in [0.5, 0.6) is 0 Å². The summed E-state index contributed by atoms with van der Waals surface area (Å²) in [5.41, 5.74) is 3.25. The summed E-state index contributed by atoms with van der Waals surface area (Å²) in [4.78, 5) is 3.33. The normalized spacial score (nSPS) is 13.3. The number of rotatable bonds is 6. The van der Waals surface area contributed by atoms with E-state index in [1.807, 2.05) is 18.7 Å². The molecule has 0 fully saturated rings. The second-order valence-corrected chi connectivity index (χ2v) is 5.68. The van der Waals surface area contributed by atoms with Crippen molar-refractivity contribution in [2.75, 3.05) is 0 Å². The van der Waals surface area contributed by atoms with E-state index in [1.165, 1.54) is 32.1 Å². The van der Waals surface area contributed by atoms with Gasteiger partial charge in [-0.2, -0.15) is 5.10 Å². The first-order valence-corrected chi connectivity index (χ1v) is 7.64. The van der Waals surface area contributed by atoms with Gasteiger partial charge in [0.1, 0.15) is 5.52 Å². The minimum atomic E-state index is 0.487. The van der Waals surface area contributed by atoms with E-state index in [-0.39, 0.29) is 0 Å². The van der Waals surface area contributed by atoms with Gasteiger partial charge in [0.25, 0.3) is 0 Å². The molecule has 19 heavy (non-hydrogen) atoms. The number of aromatic amines is 1. The van der Waals surface area contributed by atoms with E-state index < -0.39 is 0 Å². The molecule has 0 aromatic carbocycles. The Morgan fingerprint density at radius 1 is 1.26 bits per heavy atom. The zero-order chi connectivity index (χ0) is 14.0. The molecule has 1 unspecified atom stereocenters. The highest BCUT2D eigenvalue weighted by atomic mass is 32.1. The van der Waals surface area contributed by atoms with Crippen molar-refractivity contribution in [3.8, 4) is 0 Å². The van der Waals surface area contributed by atoms with Crippen molar-refractivity contribution < 1.29 is 0 Å². The number of H-pyrrole nitrogens is 1. The molecule has 0 saturated heterocycles. The molecule has 1 N–H and O–H groups in total. The summed E-state index contributed by atoms with van der Waals surface area (Å²) in [6.45, 7) is 6.50. The molecule has 106 valence electrons. The van der Waals surface area contributed by atoms with Gasteiger partial charge in [0.2, 0.25) is 0 Å². The maximum Gasteiger partial charge on any atom is 0.179 e. The van der Waals surface area contributed by atoms with E-state index in [2.05, 4.69) is 28.5 Å². The average molecular weight is 280 g/mol. The van der Waals surface area contributed by atoms with Crippen molar-refractivity contribution in [2.24, 2.45) is 7.05 Å². The zero-order valence-corrected chi connectivity index (χ0v) is 13.2. The summed E-state index contributed by atoms with van der Waals surface area (Å²) in [5, 5.41) is 4.49. The van der Waals surface area contributed by atoms with Crippen LogP contribution in [0.2, 0.25) is 0 Å². The summed E-state index contributed by atoms with van der Waals surface area (Å²) < 4.78 is 5.07. The van der Waals surface area contributed by atoms with E-state index in [9.17, 15) is 0 Å². The third kappa shape index (κ3) is 2.61. The van der Waals surface area contributed by atoms with Crippen LogP contribution in [0.1, 0.15) is 57.7 Å². The highest BCUT2D eigenvalue weighted by molar-refractivity contribution is 7.71. The smallest absolute Gasteiger partial charge is 0.179 e. The molecule has 4 nitrogen and oxygen atoms in total. The van der Waals surface area contributed by atoms with E-state index in [0.717, 1.165) is 21.6 Å². The van der Waals surface area contributed by atoms with Crippen LogP contribution >= 0.6 is 12.2 Å². The second-order valence-electron chi connectivity index (χ2n) is 5.29. The molecule has 2 aromatic heterocycles. The van der Waals surface area contributed by atoms with Crippen LogP contribution in [-0.4, -0.2) is 19.3 Å². The van der Waals surface area contributed by atoms with Gasteiger partial charge < -0.3 is 4.98 Å². The Morgan fingerprint density at radius 2 is 2.00 bits per heavy atom. The van der Waals surface area contributed by atoms with Crippen LogP contribution in [0, 0.1) is 11.7 Å². The number of nitrogens with one attached hydrogen (secondary N) is 1. The van der Waals surface area contributed by atoms with E-state index in [4.69, 9.17) is 12.2 Å². The average Bonchev–Trinajstić information content (AvgIpc) is 2.84. The topological polar surface area (TPSA) is 38.5 Å². The van der Waals surface area contributed by atoms with Crippen LogP contribution in [0.4, 0.5) is 0 Å². The molecule has 1 atom stereocenters. The molecular formula is C14H24N4S. The molecule has 0 aliphatic rings. The Labute approximate surface area is 119 Å². The van der Waals surface area contributed by atoms with Gasteiger partial charge in [0.05, 0.1) is 5.69 Å². The fourth-order valence-corrected chi connectivity index (χ4v) is 3.18. The number of nitrogens with zero attached hydrogens (tertiary/aromatic N) is 3. The molecule has 0 aliphatic heterocycles. The Hall–Kier alpha value is -1.10. The van der Waals surface area contributed by atoms with Crippen molar-refractivity contribution in [2.45, 2.75) is 58.9 Å². The number of hydrogen-bond donors (Lipinski definition) is 1. The predicted molar refractivity (Wildman–Crippen MR) is 82.1 cm³/mol. The Morgan fingerprint density at radius 3 is 2.63 bits per heavy atom. The monoisotopic (exact) mass is 280 g/mol. The molecule has 0 bridgehead atoms. The Bertz CT molecular complexity index is 605. The fraction of sp³-hybridized carbons (Fsp3) is 0.714. The number of imidazole rings is 1. The minimum absolute atomic E-state index is 0.487. The number of aromatic nitrogens is 4. The SMILES string of the molecule is CCCCC(CCC)n1c(=S)[nH]c2c(C)nn(C)c21. The van der Waals surface area contributed by atoms with Gasteiger partial charge in [0.15, 0.2) is 10.4 Å². The van der Waals surface area contributed by atoms with Crippen LogP contribution in [0.25, 0.3) is 11.2 Å². The molecule has 0 aliphatic carbocycles. The van der Waals surface area contributed by atoms with Crippen LogP contribution in [0.3, 0.4) is 0 Å². The Balaban J connectivity index is 2.51. The summed E-state index contributed by atoms with van der Waals surface area (Å²) in [6.07, 6.45) is 6.02. The van der Waals surface area contributed by atoms with Gasteiger partial charge in [-0.3, -0.25) is 9.25 Å². The zero-order valence-electron chi connectivity index (χ0n) is 12.4. The maximum absolute atomic E-state index is 5.53. The van der Waals surface area contributed by atoms with Gasteiger partial charge in [-0.1, -0.05) is 33.1 Å². The lowest BCUT2D eigenvalue weighted by Gasteiger charge is -2.18. The molecular weight excluding hydrogens is 256 g/mol. The first-order valence-electron chi connectivity index (χ1n) is 7.23. The molecule has 2 heterocycles. The van der Waals surface area contributed by atoms with E-state index in [1.54, 1.807) is 0 Å². The summed E-state index contributed by atoms with van der Waals surface area (Å²) in [5.74, 6) is 0. The number of hydrogen-bond acceptors (Lipinski definition) is 2. The third-order valence-electron chi connectivity index (χ3n) is 3.75. The highest BCUT2D eigenvalue weighted by Gasteiger charge is 2.18. The van der Waals surface area contributed by atoms with Crippen molar-refractivity contribution in [1.82, 2.24) is 19.3 Å². The molecule has 0 spiro atoms. The lowest BCUT2D eigenvalue weighted by molar-refractivity contribution is 0.417. The molecule has 2 rings (SSSR count). The summed E-state index contributed by atoms with van der Waals surface area (Å²) >= 11 is 5.53. The van der Waals surface area contributed by atoms with Gasteiger partial charge in [-0.05, 0) is 32.0 Å². The first kappa shape index (κ1) is 14.3. The second kappa shape index (κ2) is 5.90. The molecule has 2 aromatic rings. The van der Waals surface area contributed by atoms with Crippen LogP contribution in [-0.2, 0) is 7.05 Å². The lowest BCUT2D eigenvalue weighted by atomic mass is 10.1. The molecule has 0 saturated carbocycles. The minimum Gasteiger partial charge on any atom is -0.328 e. The lowest BCUT2D eigenvalue weighted by Crippen LogP contribution is -2.11. The Kier molecular flexibility index (Phi) is 4.45. The van der Waals surface area contributed by atoms with Gasteiger partial charge >= 0.3 is 0 Å². The van der Waals surface area contributed by atoms with Crippen molar-refractivity contribution in [1.29, 1.82) is 0 Å². The quantitative estimate of drug-likeness (QED) is 0.802. The summed E-state index contributed by atoms with van der Waals surface area (Å²) in [6, 6.07) is 0.487. The van der Waals surface area contributed by atoms with Crippen LogP contribution in [0.15, 0.2) is 0 Å². The molecule has 5 heteroatoms. The highest BCUT2D eigenvalue weighted by Crippen LogP contribution is 2.27. The van der Waals surface area contributed by atoms with Crippen molar-refractivity contribution in [3.05, 3.63) is 10.5 Å². The maximum atomic E-state index is 5.53. The summed E-state index contributed by atoms with van der Waals surface area (Å²) in [7, 11) is 2.00. The van der Waals surface area contributed by atoms with Gasteiger partial charge in [-0.15, -0.1) is 0 Å². The first-order chi connectivity index (χ1) is 9.10. The molecule has 0 radical (unpaired) electrons. The fourth-order valence-electron chi connectivity index (χ4n) is 2.85. The number of unbranched alkanes of at least 4 members (excludes halogenated alkanes) is 1. The van der Waals surface area contributed by atoms with Crippen LogP contribution < -0.4 is 0 Å². The van der Waals surface area contributed by atoms with Crippen molar-refractivity contribution in [3.63, 3.8) is 0 Å². The largest absolute Gasteiger partial charge is 0.328 e. The van der Waals surface area contributed by atoms with Crippen molar-refractivity contribution >= 4 is 23.4 Å². The molecule has 0 amide bonds. The van der Waals surface area contributed by atoms with Gasteiger partial charge in [0, 0.05) is 13.1 Å². The standard InChI is InChI=1S/C14H24N4S/c1-5-7-9-11(8-6-2)18-13-12(15-14(18)19)10(3)16-17(13)4/h11H,5-9H2,1-4H3,(H,15,19). The predicted octanol–water partition coefficient (Wildman–Crippen LogP) is 4.27.